The fraction of sp³-hybridized carbons (Fsp3) is 0.0952. The van der Waals surface area contributed by atoms with E-state index < -0.39 is 5.82 Å². The van der Waals surface area contributed by atoms with E-state index >= 15 is 0 Å². The highest BCUT2D eigenvalue weighted by molar-refractivity contribution is 6.30. The second kappa shape index (κ2) is 7.27. The Morgan fingerprint density at radius 2 is 2.10 bits per heavy atom. The highest BCUT2D eigenvalue weighted by Crippen LogP contribution is 2.40. The van der Waals surface area contributed by atoms with Crippen LogP contribution >= 0.6 is 11.6 Å². The Morgan fingerprint density at radius 1 is 1.17 bits per heavy atom. The van der Waals surface area contributed by atoms with Gasteiger partial charge in [0.1, 0.15) is 18.0 Å². The molecule has 0 bridgehead atoms. The Morgan fingerprint density at radius 3 is 3.00 bits per heavy atom. The predicted molar refractivity (Wildman–Crippen MR) is 112 cm³/mol. The lowest BCUT2D eigenvalue weighted by atomic mass is 10.0. The number of fused-ring (bicyclic) bond motifs is 4. The fourth-order valence-electron chi connectivity index (χ4n) is 3.46. The van der Waals surface area contributed by atoms with Gasteiger partial charge in [-0.3, -0.25) is 9.99 Å². The standard InChI is InChI=1S/C21H16ClFN6/c22-17-8-13(3-4-18(17)23)9-27-29-11-16-14-5-7-24-10-19(14)28-21-15(2-1-6-25-21)20(16)26-12-29/h1-8,10,12,27H,9,11H2,(H,25,28). The molecule has 0 spiro atoms. The number of aromatic nitrogens is 2. The van der Waals surface area contributed by atoms with Crippen LogP contribution in [0.15, 0.2) is 60.0 Å². The first-order chi connectivity index (χ1) is 14.2. The second-order valence-corrected chi connectivity index (χ2v) is 7.14. The predicted octanol–water partition coefficient (Wildman–Crippen LogP) is 4.24. The number of pyridine rings is 2. The minimum atomic E-state index is -0.423. The average Bonchev–Trinajstić information content (AvgIpc) is 2.89. The zero-order valence-electron chi connectivity index (χ0n) is 15.2. The number of nitrogens with one attached hydrogen (secondary N) is 2. The van der Waals surface area contributed by atoms with Crippen molar-refractivity contribution in [2.24, 2.45) is 4.99 Å². The molecule has 8 heteroatoms. The van der Waals surface area contributed by atoms with E-state index in [9.17, 15) is 4.39 Å². The maximum absolute atomic E-state index is 13.4. The van der Waals surface area contributed by atoms with Crippen LogP contribution < -0.4 is 10.7 Å². The van der Waals surface area contributed by atoms with Crippen LogP contribution in [0.5, 0.6) is 0 Å². The molecule has 2 N–H and O–H groups in total. The van der Waals surface area contributed by atoms with Crippen LogP contribution in [0, 0.1) is 5.82 Å². The molecular weight excluding hydrogens is 391 g/mol. The summed E-state index contributed by atoms with van der Waals surface area (Å²) in [6.45, 7) is 1.09. The van der Waals surface area contributed by atoms with Crippen molar-refractivity contribution in [3.8, 4) is 0 Å². The molecule has 0 aliphatic carbocycles. The van der Waals surface area contributed by atoms with Gasteiger partial charge < -0.3 is 5.32 Å². The molecule has 0 amide bonds. The van der Waals surface area contributed by atoms with Crippen molar-refractivity contribution in [2.45, 2.75) is 6.54 Å². The SMILES string of the molecule is Fc1ccc(CNN2C=NC3=C(C2)c2ccncc2Nc2ncccc23)cc1Cl. The van der Waals surface area contributed by atoms with Gasteiger partial charge in [0, 0.05) is 35.6 Å². The van der Waals surface area contributed by atoms with Gasteiger partial charge in [0.25, 0.3) is 0 Å². The number of aliphatic imine (C=N–C) groups is 1. The lowest BCUT2D eigenvalue weighted by Gasteiger charge is -2.27. The highest BCUT2D eigenvalue weighted by atomic mass is 35.5. The topological polar surface area (TPSA) is 65.4 Å². The molecule has 0 saturated carbocycles. The van der Waals surface area contributed by atoms with Gasteiger partial charge in [-0.2, -0.15) is 0 Å². The lowest BCUT2D eigenvalue weighted by Crippen LogP contribution is -2.39. The van der Waals surface area contributed by atoms with Crippen molar-refractivity contribution in [3.05, 3.63) is 82.5 Å². The van der Waals surface area contributed by atoms with Crippen molar-refractivity contribution in [1.29, 1.82) is 0 Å². The quantitative estimate of drug-likeness (QED) is 0.681. The van der Waals surface area contributed by atoms with Gasteiger partial charge in [0.05, 0.1) is 29.1 Å². The zero-order chi connectivity index (χ0) is 19.8. The molecule has 6 nitrogen and oxygen atoms in total. The first kappa shape index (κ1) is 17.8. The number of hydrogen-bond donors (Lipinski definition) is 2. The summed E-state index contributed by atoms with van der Waals surface area (Å²) in [7, 11) is 0. The van der Waals surface area contributed by atoms with Gasteiger partial charge in [0.15, 0.2) is 0 Å². The molecule has 1 aromatic carbocycles. The van der Waals surface area contributed by atoms with E-state index in [1.807, 2.05) is 23.2 Å². The van der Waals surface area contributed by atoms with E-state index in [2.05, 4.69) is 20.7 Å². The maximum Gasteiger partial charge on any atom is 0.141 e. The molecule has 0 fully saturated rings. The molecular formula is C21H16ClFN6. The van der Waals surface area contributed by atoms with E-state index in [4.69, 9.17) is 16.6 Å². The van der Waals surface area contributed by atoms with Crippen LogP contribution in [-0.4, -0.2) is 27.9 Å². The summed E-state index contributed by atoms with van der Waals surface area (Å²) >= 11 is 5.88. The van der Waals surface area contributed by atoms with Gasteiger partial charge in [-0.25, -0.2) is 19.8 Å². The molecule has 2 aliphatic rings. The van der Waals surface area contributed by atoms with Gasteiger partial charge in [-0.05, 0) is 35.9 Å². The Kier molecular flexibility index (Phi) is 4.46. The number of benzene rings is 1. The maximum atomic E-state index is 13.4. The molecule has 0 atom stereocenters. The molecule has 0 radical (unpaired) electrons. The molecule has 2 aliphatic heterocycles. The van der Waals surface area contributed by atoms with Gasteiger partial charge in [-0.15, -0.1) is 0 Å². The van der Waals surface area contributed by atoms with Crippen molar-refractivity contribution in [2.75, 3.05) is 11.9 Å². The summed E-state index contributed by atoms with van der Waals surface area (Å²) in [5.41, 5.74) is 9.00. The summed E-state index contributed by atoms with van der Waals surface area (Å²) in [5.74, 6) is 0.333. The molecule has 0 saturated heterocycles. The van der Waals surface area contributed by atoms with E-state index in [0.29, 0.717) is 13.1 Å². The first-order valence-corrected chi connectivity index (χ1v) is 9.45. The zero-order valence-corrected chi connectivity index (χ0v) is 16.0. The van der Waals surface area contributed by atoms with Crippen LogP contribution in [0.4, 0.5) is 15.9 Å². The Bertz CT molecular complexity index is 1160. The molecule has 2 aromatic heterocycles. The summed E-state index contributed by atoms with van der Waals surface area (Å²) in [4.78, 5) is 13.4. The highest BCUT2D eigenvalue weighted by Gasteiger charge is 2.25. The van der Waals surface area contributed by atoms with E-state index in [0.717, 1.165) is 39.5 Å². The first-order valence-electron chi connectivity index (χ1n) is 9.07. The summed E-state index contributed by atoms with van der Waals surface area (Å²) in [6.07, 6.45) is 7.07. The van der Waals surface area contributed by atoms with Crippen LogP contribution in [0.3, 0.4) is 0 Å². The monoisotopic (exact) mass is 406 g/mol. The fourth-order valence-corrected chi connectivity index (χ4v) is 3.66. The Labute approximate surface area is 171 Å². The number of anilines is 2. The van der Waals surface area contributed by atoms with Crippen LogP contribution in [0.25, 0.3) is 11.3 Å². The van der Waals surface area contributed by atoms with E-state index in [1.54, 1.807) is 37.1 Å². The Balaban J connectivity index is 1.45. The molecule has 3 aromatic rings. The molecule has 29 heavy (non-hydrogen) atoms. The van der Waals surface area contributed by atoms with E-state index in [1.165, 1.54) is 6.07 Å². The lowest BCUT2D eigenvalue weighted by molar-refractivity contribution is 0.344. The number of halogens is 2. The Hall–Kier alpha value is -3.29. The smallest absolute Gasteiger partial charge is 0.141 e. The van der Waals surface area contributed by atoms with Crippen molar-refractivity contribution >= 4 is 40.7 Å². The third kappa shape index (κ3) is 3.35. The number of rotatable bonds is 3. The summed E-state index contributed by atoms with van der Waals surface area (Å²) in [5, 5.41) is 5.38. The minimum absolute atomic E-state index is 0.113. The van der Waals surface area contributed by atoms with Crippen LogP contribution in [0.2, 0.25) is 5.02 Å². The van der Waals surface area contributed by atoms with Gasteiger partial charge in [0.2, 0.25) is 0 Å². The normalized spacial score (nSPS) is 14.6. The average molecular weight is 407 g/mol. The molecule has 4 heterocycles. The van der Waals surface area contributed by atoms with E-state index in [-0.39, 0.29) is 5.02 Å². The third-order valence-electron chi connectivity index (χ3n) is 4.87. The largest absolute Gasteiger partial charge is 0.338 e. The number of nitrogens with zero attached hydrogens (tertiary/aromatic N) is 4. The van der Waals surface area contributed by atoms with Crippen LogP contribution in [-0.2, 0) is 6.54 Å². The van der Waals surface area contributed by atoms with Crippen molar-refractivity contribution < 1.29 is 4.39 Å². The van der Waals surface area contributed by atoms with Crippen molar-refractivity contribution in [3.63, 3.8) is 0 Å². The second-order valence-electron chi connectivity index (χ2n) is 6.73. The van der Waals surface area contributed by atoms with Gasteiger partial charge >= 0.3 is 0 Å². The van der Waals surface area contributed by atoms with Crippen LogP contribution in [0.1, 0.15) is 16.7 Å². The molecule has 5 rings (SSSR count). The number of hydrazine groups is 1. The van der Waals surface area contributed by atoms with Gasteiger partial charge in [-0.1, -0.05) is 17.7 Å². The minimum Gasteiger partial charge on any atom is -0.338 e. The molecule has 144 valence electrons. The van der Waals surface area contributed by atoms with Crippen molar-refractivity contribution in [1.82, 2.24) is 20.4 Å². The molecule has 0 unspecified atom stereocenters. The summed E-state index contributed by atoms with van der Waals surface area (Å²) in [6, 6.07) is 10.6. The number of hydrogen-bond acceptors (Lipinski definition) is 6. The summed E-state index contributed by atoms with van der Waals surface area (Å²) < 4.78 is 13.4. The third-order valence-corrected chi connectivity index (χ3v) is 5.16.